The summed E-state index contributed by atoms with van der Waals surface area (Å²) in [6, 6.07) is 4.11. The molecule has 1 saturated heterocycles. The Morgan fingerprint density at radius 1 is 1.38 bits per heavy atom. The van der Waals surface area contributed by atoms with Crippen LogP contribution >= 0.6 is 15.9 Å². The molecule has 0 unspecified atom stereocenters. The lowest BCUT2D eigenvalue weighted by Crippen LogP contribution is -2.22. The molecule has 3 amide bonds. The zero-order valence-corrected chi connectivity index (χ0v) is 10.00. The Morgan fingerprint density at radius 3 is 2.62 bits per heavy atom. The maximum atomic E-state index is 11.4. The largest absolute Gasteiger partial charge is 0.496 e. The van der Waals surface area contributed by atoms with E-state index in [0.717, 1.165) is 4.47 Å². The Morgan fingerprint density at radius 2 is 2.12 bits per heavy atom. The number of carbonyl (C=O) groups is 2. The van der Waals surface area contributed by atoms with E-state index in [1.165, 1.54) is 0 Å². The van der Waals surface area contributed by atoms with Crippen molar-refractivity contribution in [1.29, 1.82) is 0 Å². The molecule has 0 spiro atoms. The van der Waals surface area contributed by atoms with Crippen molar-refractivity contribution in [3.8, 4) is 5.75 Å². The van der Waals surface area contributed by atoms with Crippen molar-refractivity contribution in [2.45, 2.75) is 6.04 Å². The molecule has 1 aliphatic heterocycles. The number of urea groups is 1. The number of rotatable bonds is 2. The van der Waals surface area contributed by atoms with Crippen molar-refractivity contribution < 1.29 is 14.3 Å². The molecule has 6 heteroatoms. The molecule has 84 valence electrons. The molecule has 1 atom stereocenters. The zero-order chi connectivity index (χ0) is 11.7. The van der Waals surface area contributed by atoms with Crippen LogP contribution in [0.1, 0.15) is 11.6 Å². The first-order chi connectivity index (χ1) is 7.61. The van der Waals surface area contributed by atoms with Crippen LogP contribution in [0.3, 0.4) is 0 Å². The highest BCUT2D eigenvalue weighted by Crippen LogP contribution is 2.28. The number of methoxy groups -OCH3 is 1. The van der Waals surface area contributed by atoms with E-state index in [4.69, 9.17) is 4.74 Å². The Kier molecular flexibility index (Phi) is 2.82. The van der Waals surface area contributed by atoms with E-state index in [-0.39, 0.29) is 5.91 Å². The zero-order valence-electron chi connectivity index (χ0n) is 8.41. The predicted molar refractivity (Wildman–Crippen MR) is 60.1 cm³/mol. The van der Waals surface area contributed by atoms with Crippen LogP contribution in [-0.2, 0) is 4.79 Å². The molecule has 0 aromatic heterocycles. The lowest BCUT2D eigenvalue weighted by Gasteiger charge is -2.10. The van der Waals surface area contributed by atoms with Crippen molar-refractivity contribution in [2.75, 3.05) is 7.11 Å². The first-order valence-corrected chi connectivity index (χ1v) is 5.36. The van der Waals surface area contributed by atoms with Gasteiger partial charge in [-0.2, -0.15) is 0 Å². The minimum absolute atomic E-state index is 0.345. The number of ether oxygens (including phenoxy) is 1. The topological polar surface area (TPSA) is 67.4 Å². The van der Waals surface area contributed by atoms with Gasteiger partial charge >= 0.3 is 6.03 Å². The van der Waals surface area contributed by atoms with Crippen LogP contribution in [0.2, 0.25) is 0 Å². The minimum Gasteiger partial charge on any atom is -0.496 e. The summed E-state index contributed by atoms with van der Waals surface area (Å²) in [4.78, 5) is 22.4. The summed E-state index contributed by atoms with van der Waals surface area (Å²) >= 11 is 3.32. The maximum absolute atomic E-state index is 11.4. The van der Waals surface area contributed by atoms with E-state index in [2.05, 4.69) is 26.6 Å². The van der Waals surface area contributed by atoms with Crippen LogP contribution in [0.4, 0.5) is 4.79 Å². The fourth-order valence-corrected chi connectivity index (χ4v) is 2.07. The molecule has 1 aliphatic rings. The van der Waals surface area contributed by atoms with Crippen molar-refractivity contribution in [2.24, 2.45) is 0 Å². The molecule has 1 fully saturated rings. The predicted octanol–water partition coefficient (Wildman–Crippen LogP) is 1.34. The number of hydrogen-bond acceptors (Lipinski definition) is 3. The smallest absolute Gasteiger partial charge is 0.322 e. The standard InChI is InChI=1S/C10H9BrN2O3/c1-16-7-3-2-5(4-6(7)11)8-9(14)13-10(15)12-8/h2-4,8H,1H3,(H2,12,13,14,15)/t8-/m1/s1. The molecule has 0 radical (unpaired) electrons. The first-order valence-electron chi connectivity index (χ1n) is 4.56. The highest BCUT2D eigenvalue weighted by atomic mass is 79.9. The lowest BCUT2D eigenvalue weighted by molar-refractivity contribution is -0.120. The molecule has 16 heavy (non-hydrogen) atoms. The van der Waals surface area contributed by atoms with Gasteiger partial charge in [-0.1, -0.05) is 6.07 Å². The van der Waals surface area contributed by atoms with Gasteiger partial charge in [0.25, 0.3) is 5.91 Å². The van der Waals surface area contributed by atoms with Gasteiger partial charge in [0, 0.05) is 0 Å². The van der Waals surface area contributed by atoms with Crippen LogP contribution in [0, 0.1) is 0 Å². The molecule has 1 aromatic carbocycles. The molecular weight excluding hydrogens is 276 g/mol. The van der Waals surface area contributed by atoms with Gasteiger partial charge in [-0.15, -0.1) is 0 Å². The summed E-state index contributed by atoms with van der Waals surface area (Å²) < 4.78 is 5.81. The van der Waals surface area contributed by atoms with E-state index < -0.39 is 12.1 Å². The number of hydrogen-bond donors (Lipinski definition) is 2. The SMILES string of the molecule is COc1ccc([C@H]2NC(=O)NC2=O)cc1Br. The summed E-state index contributed by atoms with van der Waals surface area (Å²) in [5.41, 5.74) is 0.705. The van der Waals surface area contributed by atoms with Gasteiger partial charge in [0.15, 0.2) is 0 Å². The Labute approximate surface area is 100 Å². The van der Waals surface area contributed by atoms with E-state index >= 15 is 0 Å². The highest BCUT2D eigenvalue weighted by Gasteiger charge is 2.31. The number of amides is 3. The van der Waals surface area contributed by atoms with Crippen LogP contribution in [0.15, 0.2) is 22.7 Å². The second kappa shape index (κ2) is 4.13. The molecular formula is C10H9BrN2O3. The normalized spacial score (nSPS) is 19.2. The minimum atomic E-state index is -0.630. The Hall–Kier alpha value is -1.56. The first kappa shape index (κ1) is 10.9. The average molecular weight is 285 g/mol. The maximum Gasteiger partial charge on any atom is 0.322 e. The molecule has 0 bridgehead atoms. The van der Waals surface area contributed by atoms with E-state index in [0.29, 0.717) is 11.3 Å². The van der Waals surface area contributed by atoms with Crippen molar-refractivity contribution in [3.05, 3.63) is 28.2 Å². The van der Waals surface area contributed by atoms with Crippen molar-refractivity contribution in [1.82, 2.24) is 10.6 Å². The van der Waals surface area contributed by atoms with E-state index in [1.54, 1.807) is 25.3 Å². The highest BCUT2D eigenvalue weighted by molar-refractivity contribution is 9.10. The van der Waals surface area contributed by atoms with E-state index in [9.17, 15) is 9.59 Å². The molecule has 1 heterocycles. The van der Waals surface area contributed by atoms with Crippen LogP contribution < -0.4 is 15.4 Å². The van der Waals surface area contributed by atoms with Gasteiger partial charge in [0.1, 0.15) is 11.8 Å². The second-order valence-electron chi connectivity index (χ2n) is 3.29. The van der Waals surface area contributed by atoms with Crippen molar-refractivity contribution >= 4 is 27.9 Å². The summed E-state index contributed by atoms with van der Waals surface area (Å²) in [5, 5.41) is 4.70. The van der Waals surface area contributed by atoms with Gasteiger partial charge in [-0.25, -0.2) is 4.79 Å². The molecule has 5 nitrogen and oxygen atoms in total. The summed E-state index contributed by atoms with van der Waals surface area (Å²) in [7, 11) is 1.56. The quantitative estimate of drug-likeness (QED) is 0.806. The Balaban J connectivity index is 2.31. The number of halogens is 1. The summed E-state index contributed by atoms with van der Waals surface area (Å²) in [6.45, 7) is 0. The Bertz CT molecular complexity index is 461. The van der Waals surface area contributed by atoms with Crippen LogP contribution in [0.25, 0.3) is 0 Å². The molecule has 1 aromatic rings. The molecule has 0 aliphatic carbocycles. The molecule has 0 saturated carbocycles. The van der Waals surface area contributed by atoms with Gasteiger partial charge < -0.3 is 10.1 Å². The third-order valence-corrected chi connectivity index (χ3v) is 2.90. The molecule has 2 rings (SSSR count). The lowest BCUT2D eigenvalue weighted by atomic mass is 10.1. The van der Waals surface area contributed by atoms with Crippen molar-refractivity contribution in [3.63, 3.8) is 0 Å². The molecule has 2 N–H and O–H groups in total. The number of carbonyl (C=O) groups excluding carboxylic acids is 2. The average Bonchev–Trinajstić information content (AvgIpc) is 2.58. The second-order valence-corrected chi connectivity index (χ2v) is 4.14. The third kappa shape index (κ3) is 1.88. The monoisotopic (exact) mass is 284 g/mol. The van der Waals surface area contributed by atoms with E-state index in [1.807, 2.05) is 0 Å². The van der Waals surface area contributed by atoms with Crippen LogP contribution in [0.5, 0.6) is 5.75 Å². The third-order valence-electron chi connectivity index (χ3n) is 2.28. The number of nitrogens with one attached hydrogen (secondary N) is 2. The van der Waals surface area contributed by atoms with Gasteiger partial charge in [-0.3, -0.25) is 10.1 Å². The summed E-state index contributed by atoms with van der Waals surface area (Å²) in [6.07, 6.45) is 0. The number of benzene rings is 1. The van der Waals surface area contributed by atoms with Gasteiger partial charge in [0.05, 0.1) is 11.6 Å². The van der Waals surface area contributed by atoms with Crippen LogP contribution in [-0.4, -0.2) is 19.0 Å². The summed E-state index contributed by atoms with van der Waals surface area (Å²) in [5.74, 6) is 0.329. The number of imide groups is 1. The van der Waals surface area contributed by atoms with Gasteiger partial charge in [0.2, 0.25) is 0 Å². The fourth-order valence-electron chi connectivity index (χ4n) is 1.51. The van der Waals surface area contributed by atoms with Gasteiger partial charge in [-0.05, 0) is 33.6 Å². The fraction of sp³-hybridized carbons (Fsp3) is 0.200.